The number of piperidine rings is 1. The molecule has 0 saturated carbocycles. The minimum Gasteiger partial charge on any atom is -0.456 e. The number of carbonyl (C=O) groups excluding carboxylic acids is 1. The van der Waals surface area contributed by atoms with E-state index in [1.54, 1.807) is 18.6 Å². The van der Waals surface area contributed by atoms with E-state index in [4.69, 9.17) is 4.74 Å². The van der Waals surface area contributed by atoms with Crippen LogP contribution in [0.5, 0.6) is 11.5 Å². The number of anilines is 1. The summed E-state index contributed by atoms with van der Waals surface area (Å²) in [7, 11) is 0. The fourth-order valence-corrected chi connectivity index (χ4v) is 3.33. The van der Waals surface area contributed by atoms with Crippen LogP contribution in [-0.2, 0) is 11.3 Å². The molecule has 0 N–H and O–H groups in total. The Balaban J connectivity index is 1.53. The Labute approximate surface area is 163 Å². The molecule has 0 spiro atoms. The van der Waals surface area contributed by atoms with Crippen molar-refractivity contribution in [1.82, 2.24) is 9.55 Å². The Hall–Kier alpha value is -3.59. The molecule has 1 fully saturated rings. The van der Waals surface area contributed by atoms with Crippen LogP contribution in [0.3, 0.4) is 0 Å². The molecule has 1 aromatic heterocycles. The van der Waals surface area contributed by atoms with E-state index in [-0.39, 0.29) is 5.91 Å². The summed E-state index contributed by atoms with van der Waals surface area (Å²) in [6.07, 6.45) is 7.96. The highest BCUT2D eigenvalue weighted by molar-refractivity contribution is 5.94. The smallest absolute Gasteiger partial charge is 0.226 e. The van der Waals surface area contributed by atoms with Crippen molar-refractivity contribution in [2.45, 2.75) is 25.8 Å². The Bertz CT molecular complexity index is 1000. The van der Waals surface area contributed by atoms with Crippen molar-refractivity contribution in [3.63, 3.8) is 0 Å². The number of amides is 1. The summed E-state index contributed by atoms with van der Waals surface area (Å²) >= 11 is 0. The molecule has 1 amide bonds. The molecule has 0 radical (unpaired) electrons. The second-order valence-electron chi connectivity index (χ2n) is 6.78. The van der Waals surface area contributed by atoms with Gasteiger partial charge in [0.05, 0.1) is 11.9 Å². The Morgan fingerprint density at radius 1 is 1.14 bits per heavy atom. The lowest BCUT2D eigenvalue weighted by Gasteiger charge is -2.26. The molecule has 28 heavy (non-hydrogen) atoms. The highest BCUT2D eigenvalue weighted by Crippen LogP contribution is 2.29. The van der Waals surface area contributed by atoms with Crippen LogP contribution < -0.4 is 9.64 Å². The van der Waals surface area contributed by atoms with Crippen molar-refractivity contribution >= 4 is 11.6 Å². The predicted octanol–water partition coefficient (Wildman–Crippen LogP) is 4.11. The first-order valence-electron chi connectivity index (χ1n) is 9.30. The normalized spacial score (nSPS) is 14.0. The van der Waals surface area contributed by atoms with Gasteiger partial charge in [0.1, 0.15) is 17.6 Å². The lowest BCUT2D eigenvalue weighted by atomic mass is 10.1. The SMILES string of the molecule is N#Cc1ccc(Cn2ccnc2)cc1Oc1ccc(N2CCCCC2=O)cc1. The van der Waals surface area contributed by atoms with Gasteiger partial charge in [0.25, 0.3) is 0 Å². The first-order chi connectivity index (χ1) is 13.7. The second-order valence-corrected chi connectivity index (χ2v) is 6.78. The zero-order valence-corrected chi connectivity index (χ0v) is 15.4. The summed E-state index contributed by atoms with van der Waals surface area (Å²) < 4.78 is 7.93. The Morgan fingerprint density at radius 3 is 2.71 bits per heavy atom. The molecule has 0 aliphatic carbocycles. The second kappa shape index (κ2) is 7.97. The number of nitrogens with zero attached hydrogens (tertiary/aromatic N) is 4. The van der Waals surface area contributed by atoms with Crippen molar-refractivity contribution < 1.29 is 9.53 Å². The number of hydrogen-bond acceptors (Lipinski definition) is 4. The molecular formula is C22H20N4O2. The highest BCUT2D eigenvalue weighted by Gasteiger charge is 2.19. The van der Waals surface area contributed by atoms with Crippen LogP contribution in [0.1, 0.15) is 30.4 Å². The molecule has 3 aromatic rings. The lowest BCUT2D eigenvalue weighted by Crippen LogP contribution is -2.35. The van der Waals surface area contributed by atoms with Crippen LogP contribution >= 0.6 is 0 Å². The van der Waals surface area contributed by atoms with Crippen LogP contribution in [0.25, 0.3) is 0 Å². The largest absolute Gasteiger partial charge is 0.456 e. The molecule has 0 unspecified atom stereocenters. The third-order valence-corrected chi connectivity index (χ3v) is 4.79. The van der Waals surface area contributed by atoms with E-state index >= 15 is 0 Å². The average Bonchev–Trinajstić information content (AvgIpc) is 3.22. The molecule has 0 bridgehead atoms. The van der Waals surface area contributed by atoms with Gasteiger partial charge in [-0.1, -0.05) is 6.07 Å². The predicted molar refractivity (Wildman–Crippen MR) is 105 cm³/mol. The number of aromatic nitrogens is 2. The fraction of sp³-hybridized carbons (Fsp3) is 0.227. The maximum absolute atomic E-state index is 12.1. The lowest BCUT2D eigenvalue weighted by molar-refractivity contribution is -0.119. The molecule has 1 aliphatic rings. The van der Waals surface area contributed by atoms with E-state index in [1.165, 1.54) is 0 Å². The third-order valence-electron chi connectivity index (χ3n) is 4.79. The summed E-state index contributed by atoms with van der Waals surface area (Å²) in [6, 6.07) is 15.2. The fourth-order valence-electron chi connectivity index (χ4n) is 3.33. The Kier molecular flexibility index (Phi) is 5.07. The minimum absolute atomic E-state index is 0.166. The molecule has 4 rings (SSSR count). The summed E-state index contributed by atoms with van der Waals surface area (Å²) in [6.45, 7) is 1.41. The summed E-state index contributed by atoms with van der Waals surface area (Å²) in [5, 5.41) is 9.40. The number of benzene rings is 2. The van der Waals surface area contributed by atoms with Crippen LogP contribution in [0.15, 0.2) is 61.2 Å². The summed E-state index contributed by atoms with van der Waals surface area (Å²) in [5.74, 6) is 1.31. The van der Waals surface area contributed by atoms with Gasteiger partial charge < -0.3 is 14.2 Å². The molecule has 1 saturated heterocycles. The molecule has 6 nitrogen and oxygen atoms in total. The van der Waals surface area contributed by atoms with Crippen molar-refractivity contribution in [3.8, 4) is 17.6 Å². The van der Waals surface area contributed by atoms with E-state index in [1.807, 2.05) is 52.1 Å². The maximum atomic E-state index is 12.1. The quantitative estimate of drug-likeness (QED) is 0.676. The molecule has 0 atom stereocenters. The molecule has 1 aliphatic heterocycles. The van der Waals surface area contributed by atoms with Gasteiger partial charge in [-0.25, -0.2) is 4.98 Å². The summed E-state index contributed by atoms with van der Waals surface area (Å²) in [5.41, 5.74) is 2.37. The number of carbonyl (C=O) groups is 1. The van der Waals surface area contributed by atoms with Crippen LogP contribution in [0.4, 0.5) is 5.69 Å². The average molecular weight is 372 g/mol. The van der Waals surface area contributed by atoms with E-state index in [0.29, 0.717) is 30.0 Å². The van der Waals surface area contributed by atoms with E-state index in [9.17, 15) is 10.1 Å². The van der Waals surface area contributed by atoms with Crippen LogP contribution in [0.2, 0.25) is 0 Å². The van der Waals surface area contributed by atoms with Gasteiger partial charge in [-0.3, -0.25) is 4.79 Å². The highest BCUT2D eigenvalue weighted by atomic mass is 16.5. The first kappa shape index (κ1) is 17.8. The molecule has 6 heteroatoms. The molecule has 2 heterocycles. The Morgan fingerprint density at radius 2 is 2.00 bits per heavy atom. The minimum atomic E-state index is 0.166. The number of rotatable bonds is 5. The van der Waals surface area contributed by atoms with Gasteiger partial charge in [-0.15, -0.1) is 0 Å². The monoisotopic (exact) mass is 372 g/mol. The number of nitriles is 1. The molecule has 140 valence electrons. The van der Waals surface area contributed by atoms with Crippen molar-refractivity contribution in [1.29, 1.82) is 5.26 Å². The third kappa shape index (κ3) is 3.89. The van der Waals surface area contributed by atoms with Gasteiger partial charge in [-0.2, -0.15) is 5.26 Å². The van der Waals surface area contributed by atoms with Gasteiger partial charge >= 0.3 is 0 Å². The van der Waals surface area contributed by atoms with Crippen molar-refractivity contribution in [2.24, 2.45) is 0 Å². The van der Waals surface area contributed by atoms with E-state index in [2.05, 4.69) is 11.1 Å². The number of imidazole rings is 1. The maximum Gasteiger partial charge on any atom is 0.226 e. The molecule has 2 aromatic carbocycles. The molecular weight excluding hydrogens is 352 g/mol. The zero-order valence-electron chi connectivity index (χ0n) is 15.4. The van der Waals surface area contributed by atoms with E-state index < -0.39 is 0 Å². The van der Waals surface area contributed by atoms with Crippen LogP contribution in [-0.4, -0.2) is 22.0 Å². The van der Waals surface area contributed by atoms with Crippen molar-refractivity contribution in [2.75, 3.05) is 11.4 Å². The topological polar surface area (TPSA) is 71.2 Å². The summed E-state index contributed by atoms with van der Waals surface area (Å²) in [4.78, 5) is 17.9. The van der Waals surface area contributed by atoms with Gasteiger partial charge in [0.2, 0.25) is 5.91 Å². The van der Waals surface area contributed by atoms with E-state index in [0.717, 1.165) is 30.6 Å². The number of ether oxygens (including phenoxy) is 1. The van der Waals surface area contributed by atoms with Crippen molar-refractivity contribution in [3.05, 3.63) is 72.3 Å². The van der Waals surface area contributed by atoms with Crippen LogP contribution in [0, 0.1) is 11.3 Å². The number of hydrogen-bond donors (Lipinski definition) is 0. The van der Waals surface area contributed by atoms with Gasteiger partial charge in [0, 0.05) is 37.6 Å². The zero-order chi connectivity index (χ0) is 19.3. The first-order valence-corrected chi connectivity index (χ1v) is 9.30. The van der Waals surface area contributed by atoms with Gasteiger partial charge in [-0.05, 0) is 54.8 Å². The van der Waals surface area contributed by atoms with Gasteiger partial charge in [0.15, 0.2) is 0 Å². The standard InChI is InChI=1S/C22H20N4O2/c23-14-18-5-4-17(15-25-12-10-24-16-25)13-21(18)28-20-8-6-19(7-9-20)26-11-2-1-3-22(26)27/h4-10,12-13,16H,1-3,11,15H2.